The number of carbonyl (C=O) groups is 1. The first-order valence-electron chi connectivity index (χ1n) is 10.3. The van der Waals surface area contributed by atoms with Crippen molar-refractivity contribution in [3.8, 4) is 0 Å². The quantitative estimate of drug-likeness (QED) is 0.570. The topological polar surface area (TPSA) is 91.4 Å². The predicted octanol–water partition coefficient (Wildman–Crippen LogP) is 3.55. The number of benzene rings is 2. The number of aromatic nitrogens is 1. The van der Waals surface area contributed by atoms with Crippen molar-refractivity contribution in [2.75, 3.05) is 22.7 Å². The van der Waals surface area contributed by atoms with E-state index in [4.69, 9.17) is 0 Å². The first kappa shape index (κ1) is 21.8. The SMILES string of the molecule is O=C(NCc1ccc(N2CCCC2)nc1)c1ccc(NS(=O)(=O)c2ccc(F)cc2)cc1. The van der Waals surface area contributed by atoms with E-state index in [2.05, 4.69) is 19.9 Å². The lowest BCUT2D eigenvalue weighted by Gasteiger charge is -2.16. The molecule has 1 amide bonds. The zero-order valence-corrected chi connectivity index (χ0v) is 18.1. The van der Waals surface area contributed by atoms with Gasteiger partial charge in [-0.3, -0.25) is 9.52 Å². The minimum absolute atomic E-state index is 0.0509. The fourth-order valence-corrected chi connectivity index (χ4v) is 4.52. The van der Waals surface area contributed by atoms with Crippen molar-refractivity contribution in [1.82, 2.24) is 10.3 Å². The molecule has 0 atom stereocenters. The summed E-state index contributed by atoms with van der Waals surface area (Å²) in [6.07, 6.45) is 4.14. The summed E-state index contributed by atoms with van der Waals surface area (Å²) in [6.45, 7) is 2.39. The summed E-state index contributed by atoms with van der Waals surface area (Å²) in [6, 6.07) is 14.5. The molecule has 2 N–H and O–H groups in total. The Morgan fingerprint density at radius 3 is 2.28 bits per heavy atom. The molecule has 1 saturated heterocycles. The molecule has 2 aromatic carbocycles. The van der Waals surface area contributed by atoms with E-state index < -0.39 is 15.8 Å². The second-order valence-corrected chi connectivity index (χ2v) is 9.22. The number of nitrogens with zero attached hydrogens (tertiary/aromatic N) is 2. The summed E-state index contributed by atoms with van der Waals surface area (Å²) < 4.78 is 40.2. The fourth-order valence-electron chi connectivity index (χ4n) is 3.46. The standard InChI is InChI=1S/C23H23FN4O3S/c24-19-6-10-21(11-7-19)32(30,31)27-20-8-4-18(5-9-20)23(29)26-16-17-3-12-22(25-15-17)28-13-1-2-14-28/h3-12,15,27H,1-2,13-14,16H2,(H,26,29). The first-order valence-corrected chi connectivity index (χ1v) is 11.8. The monoisotopic (exact) mass is 454 g/mol. The molecule has 0 bridgehead atoms. The molecular formula is C23H23FN4O3S. The van der Waals surface area contributed by atoms with Crippen molar-refractivity contribution in [3.05, 3.63) is 83.8 Å². The molecule has 0 radical (unpaired) electrons. The number of amides is 1. The first-order chi connectivity index (χ1) is 15.4. The van der Waals surface area contributed by atoms with Crippen molar-refractivity contribution in [3.63, 3.8) is 0 Å². The summed E-state index contributed by atoms with van der Waals surface area (Å²) in [7, 11) is -3.85. The van der Waals surface area contributed by atoms with Gasteiger partial charge in [-0.15, -0.1) is 0 Å². The molecule has 9 heteroatoms. The summed E-state index contributed by atoms with van der Waals surface area (Å²) in [5, 5.41) is 2.84. The fraction of sp³-hybridized carbons (Fsp3) is 0.217. The molecule has 4 rings (SSSR count). The highest BCUT2D eigenvalue weighted by Crippen LogP contribution is 2.19. The van der Waals surface area contributed by atoms with Crippen LogP contribution in [0.2, 0.25) is 0 Å². The number of hydrogen-bond donors (Lipinski definition) is 2. The second kappa shape index (κ2) is 9.35. The van der Waals surface area contributed by atoms with E-state index in [1.165, 1.54) is 49.2 Å². The summed E-state index contributed by atoms with van der Waals surface area (Å²) in [4.78, 5) is 19.1. The van der Waals surface area contributed by atoms with Crippen molar-refractivity contribution in [1.29, 1.82) is 0 Å². The third-order valence-electron chi connectivity index (χ3n) is 5.22. The van der Waals surface area contributed by atoms with Crippen molar-refractivity contribution >= 4 is 27.4 Å². The van der Waals surface area contributed by atoms with Gasteiger partial charge in [-0.05, 0) is 73.0 Å². The maximum atomic E-state index is 13.0. The Morgan fingerprint density at radius 1 is 0.969 bits per heavy atom. The van der Waals surface area contributed by atoms with Crippen LogP contribution in [0.5, 0.6) is 0 Å². The Hall–Kier alpha value is -3.46. The number of carbonyl (C=O) groups excluding carboxylic acids is 1. The minimum atomic E-state index is -3.85. The van der Waals surface area contributed by atoms with Crippen LogP contribution in [0.4, 0.5) is 15.9 Å². The average molecular weight is 455 g/mol. The van der Waals surface area contributed by atoms with Crippen LogP contribution in [0.3, 0.4) is 0 Å². The molecule has 1 aliphatic rings. The summed E-state index contributed by atoms with van der Waals surface area (Å²) >= 11 is 0. The maximum Gasteiger partial charge on any atom is 0.261 e. The number of anilines is 2. The van der Waals surface area contributed by atoms with E-state index in [-0.39, 0.29) is 10.8 Å². The number of sulfonamides is 1. The molecule has 32 heavy (non-hydrogen) atoms. The molecule has 0 unspecified atom stereocenters. The third kappa shape index (κ3) is 5.23. The Balaban J connectivity index is 1.33. The molecule has 0 aliphatic carbocycles. The van der Waals surface area contributed by atoms with E-state index in [0.717, 1.165) is 36.6 Å². The molecule has 1 fully saturated rings. The highest BCUT2D eigenvalue weighted by atomic mass is 32.2. The average Bonchev–Trinajstić information content (AvgIpc) is 3.33. The van der Waals surface area contributed by atoms with Gasteiger partial charge in [0.25, 0.3) is 15.9 Å². The van der Waals surface area contributed by atoms with Crippen molar-refractivity contribution in [2.24, 2.45) is 0 Å². The van der Waals surface area contributed by atoms with Gasteiger partial charge in [-0.1, -0.05) is 6.07 Å². The number of nitrogens with one attached hydrogen (secondary N) is 2. The molecule has 1 aromatic heterocycles. The van der Waals surface area contributed by atoms with Gasteiger partial charge in [0, 0.05) is 37.1 Å². The van der Waals surface area contributed by atoms with Gasteiger partial charge in [0.2, 0.25) is 0 Å². The van der Waals surface area contributed by atoms with Gasteiger partial charge in [0.05, 0.1) is 4.90 Å². The molecule has 166 valence electrons. The molecule has 0 saturated carbocycles. The van der Waals surface area contributed by atoms with Crippen LogP contribution in [-0.2, 0) is 16.6 Å². The van der Waals surface area contributed by atoms with Gasteiger partial charge in [-0.25, -0.2) is 17.8 Å². The molecular weight excluding hydrogens is 431 g/mol. The Labute approximate surface area is 186 Å². The zero-order valence-electron chi connectivity index (χ0n) is 17.3. The van der Waals surface area contributed by atoms with Crippen LogP contribution >= 0.6 is 0 Å². The smallest absolute Gasteiger partial charge is 0.261 e. The molecule has 2 heterocycles. The second-order valence-electron chi connectivity index (χ2n) is 7.54. The van der Waals surface area contributed by atoms with E-state index in [0.29, 0.717) is 17.8 Å². The number of rotatable bonds is 7. The Morgan fingerprint density at radius 2 is 1.66 bits per heavy atom. The van der Waals surface area contributed by atoms with Crippen molar-refractivity contribution < 1.29 is 17.6 Å². The number of hydrogen-bond acceptors (Lipinski definition) is 5. The van der Waals surface area contributed by atoms with E-state index >= 15 is 0 Å². The van der Waals surface area contributed by atoms with Gasteiger partial charge in [-0.2, -0.15) is 0 Å². The highest BCUT2D eigenvalue weighted by Gasteiger charge is 2.15. The molecule has 0 spiro atoms. The Bertz CT molecular complexity index is 1180. The third-order valence-corrected chi connectivity index (χ3v) is 6.61. The lowest BCUT2D eigenvalue weighted by Crippen LogP contribution is -2.23. The van der Waals surface area contributed by atoms with Crippen molar-refractivity contribution in [2.45, 2.75) is 24.3 Å². The van der Waals surface area contributed by atoms with Crippen LogP contribution in [-0.4, -0.2) is 32.4 Å². The normalized spacial score (nSPS) is 13.7. The molecule has 7 nitrogen and oxygen atoms in total. The minimum Gasteiger partial charge on any atom is -0.357 e. The summed E-state index contributed by atoms with van der Waals surface area (Å²) in [5.74, 6) is 0.162. The largest absolute Gasteiger partial charge is 0.357 e. The van der Waals surface area contributed by atoms with E-state index in [1.54, 1.807) is 6.20 Å². The van der Waals surface area contributed by atoms with Gasteiger partial charge in [0.15, 0.2) is 0 Å². The van der Waals surface area contributed by atoms with Gasteiger partial charge in [0.1, 0.15) is 11.6 Å². The predicted molar refractivity (Wildman–Crippen MR) is 121 cm³/mol. The Kier molecular flexibility index (Phi) is 6.36. The van der Waals surface area contributed by atoms with Crippen LogP contribution in [0.1, 0.15) is 28.8 Å². The lowest BCUT2D eigenvalue weighted by atomic mass is 10.2. The lowest BCUT2D eigenvalue weighted by molar-refractivity contribution is 0.0951. The van der Waals surface area contributed by atoms with E-state index in [1.807, 2.05) is 12.1 Å². The molecule has 3 aromatic rings. The van der Waals surface area contributed by atoms with Gasteiger partial charge >= 0.3 is 0 Å². The molecule has 1 aliphatic heterocycles. The maximum absolute atomic E-state index is 13.0. The number of halogens is 1. The van der Waals surface area contributed by atoms with Gasteiger partial charge < -0.3 is 10.2 Å². The highest BCUT2D eigenvalue weighted by molar-refractivity contribution is 7.92. The summed E-state index contributed by atoms with van der Waals surface area (Å²) in [5.41, 5.74) is 1.59. The van der Waals surface area contributed by atoms with Crippen LogP contribution < -0.4 is 14.9 Å². The van der Waals surface area contributed by atoms with E-state index in [9.17, 15) is 17.6 Å². The zero-order chi connectivity index (χ0) is 22.6. The van der Waals surface area contributed by atoms with Crippen LogP contribution in [0.25, 0.3) is 0 Å². The van der Waals surface area contributed by atoms with Crippen LogP contribution in [0, 0.1) is 5.82 Å². The number of pyridine rings is 1. The van der Waals surface area contributed by atoms with Crippen LogP contribution in [0.15, 0.2) is 71.8 Å².